The predicted octanol–water partition coefficient (Wildman–Crippen LogP) is 0.495. The minimum Gasteiger partial charge on any atom is -0.393 e. The first kappa shape index (κ1) is 7.03. The lowest BCUT2D eigenvalue weighted by molar-refractivity contribution is 0.0708. The monoisotopic (exact) mass is 129 g/mol. The summed E-state index contributed by atoms with van der Waals surface area (Å²) in [6.45, 7) is 2.08. The van der Waals surface area contributed by atoms with Gasteiger partial charge in [0, 0.05) is 6.04 Å². The topological polar surface area (TPSA) is 46.2 Å². The third kappa shape index (κ3) is 1.66. The maximum atomic E-state index is 9.27. The molecular weight excluding hydrogens is 114 g/mol. The molecule has 0 amide bonds. The molecule has 2 nitrogen and oxygen atoms in total. The molecule has 0 aromatic carbocycles. The first-order valence-corrected chi connectivity index (χ1v) is 3.64. The Morgan fingerprint density at radius 3 is 2.56 bits per heavy atom. The van der Waals surface area contributed by atoms with Crippen molar-refractivity contribution < 1.29 is 5.11 Å². The van der Waals surface area contributed by atoms with Gasteiger partial charge in [-0.3, -0.25) is 0 Å². The molecule has 0 spiro atoms. The lowest BCUT2D eigenvalue weighted by Crippen LogP contribution is -2.35. The zero-order valence-corrected chi connectivity index (χ0v) is 5.88. The van der Waals surface area contributed by atoms with Crippen molar-refractivity contribution in [3.8, 4) is 0 Å². The van der Waals surface area contributed by atoms with Crippen LogP contribution >= 0.6 is 0 Å². The minimum atomic E-state index is -0.145. The Hall–Kier alpha value is -0.0800. The van der Waals surface area contributed by atoms with Gasteiger partial charge in [0.05, 0.1) is 6.10 Å². The van der Waals surface area contributed by atoms with Gasteiger partial charge in [-0.2, -0.15) is 0 Å². The molecule has 3 N–H and O–H groups in total. The van der Waals surface area contributed by atoms with Gasteiger partial charge in [0.2, 0.25) is 0 Å². The Balaban J connectivity index is 2.35. The molecule has 1 fully saturated rings. The fourth-order valence-electron chi connectivity index (χ4n) is 1.33. The van der Waals surface area contributed by atoms with Crippen molar-refractivity contribution in [2.24, 2.45) is 11.7 Å². The Labute approximate surface area is 56.1 Å². The molecule has 9 heavy (non-hydrogen) atoms. The number of hydrogen-bond acceptors (Lipinski definition) is 2. The van der Waals surface area contributed by atoms with Gasteiger partial charge in [-0.15, -0.1) is 0 Å². The third-order valence-electron chi connectivity index (χ3n) is 2.19. The van der Waals surface area contributed by atoms with E-state index in [1.54, 1.807) is 0 Å². The molecule has 0 radical (unpaired) electrons. The second kappa shape index (κ2) is 2.67. The molecule has 1 unspecified atom stereocenters. The zero-order valence-electron chi connectivity index (χ0n) is 5.88. The van der Waals surface area contributed by atoms with Crippen LogP contribution in [0.1, 0.15) is 26.2 Å². The molecule has 1 aliphatic rings. The van der Waals surface area contributed by atoms with Crippen molar-refractivity contribution in [1.29, 1.82) is 0 Å². The summed E-state index contributed by atoms with van der Waals surface area (Å²) in [4.78, 5) is 0. The fourth-order valence-corrected chi connectivity index (χ4v) is 1.33. The largest absolute Gasteiger partial charge is 0.393 e. The van der Waals surface area contributed by atoms with Gasteiger partial charge in [-0.05, 0) is 25.2 Å². The number of nitrogens with two attached hydrogens (primary N) is 1. The minimum absolute atomic E-state index is 0.145. The standard InChI is InChI=1S/C7H15NO/c1-5-2-3-6(8)4-7(5)9/h5-7,9H,2-4,8H2,1H3/t5-,6?,7+/m0/s1. The summed E-state index contributed by atoms with van der Waals surface area (Å²) < 4.78 is 0. The second-order valence-electron chi connectivity index (χ2n) is 3.12. The van der Waals surface area contributed by atoms with E-state index in [4.69, 9.17) is 5.73 Å². The van der Waals surface area contributed by atoms with E-state index in [0.717, 1.165) is 19.3 Å². The molecule has 1 saturated carbocycles. The molecule has 54 valence electrons. The number of aliphatic hydroxyl groups is 1. The van der Waals surface area contributed by atoms with Gasteiger partial charge in [-0.1, -0.05) is 6.92 Å². The molecule has 0 aliphatic heterocycles. The van der Waals surface area contributed by atoms with Crippen LogP contribution in [0, 0.1) is 5.92 Å². The van der Waals surface area contributed by atoms with E-state index in [0.29, 0.717) is 5.92 Å². The lowest BCUT2D eigenvalue weighted by atomic mass is 9.85. The highest BCUT2D eigenvalue weighted by Crippen LogP contribution is 2.22. The molecule has 0 saturated heterocycles. The maximum absolute atomic E-state index is 9.27. The first-order chi connectivity index (χ1) is 4.20. The summed E-state index contributed by atoms with van der Waals surface area (Å²) >= 11 is 0. The number of rotatable bonds is 0. The van der Waals surface area contributed by atoms with Crippen LogP contribution in [0.5, 0.6) is 0 Å². The van der Waals surface area contributed by atoms with Crippen LogP contribution in [0.4, 0.5) is 0 Å². The van der Waals surface area contributed by atoms with Crippen LogP contribution in [0.25, 0.3) is 0 Å². The van der Waals surface area contributed by atoms with Crippen molar-refractivity contribution in [2.45, 2.75) is 38.3 Å². The highest BCUT2D eigenvalue weighted by atomic mass is 16.3. The summed E-state index contributed by atoms with van der Waals surface area (Å²) in [5.41, 5.74) is 5.63. The Morgan fingerprint density at radius 1 is 1.44 bits per heavy atom. The van der Waals surface area contributed by atoms with E-state index in [9.17, 15) is 5.11 Å². The highest BCUT2D eigenvalue weighted by molar-refractivity contribution is 4.78. The second-order valence-corrected chi connectivity index (χ2v) is 3.12. The van der Waals surface area contributed by atoms with Crippen molar-refractivity contribution >= 4 is 0 Å². The third-order valence-corrected chi connectivity index (χ3v) is 2.19. The van der Waals surface area contributed by atoms with E-state index in [1.807, 2.05) is 0 Å². The zero-order chi connectivity index (χ0) is 6.85. The van der Waals surface area contributed by atoms with Gasteiger partial charge < -0.3 is 10.8 Å². The number of hydrogen-bond donors (Lipinski definition) is 2. The van der Waals surface area contributed by atoms with Gasteiger partial charge >= 0.3 is 0 Å². The van der Waals surface area contributed by atoms with Crippen LogP contribution in [0.2, 0.25) is 0 Å². The molecular formula is C7H15NO. The van der Waals surface area contributed by atoms with E-state index in [1.165, 1.54) is 0 Å². The highest BCUT2D eigenvalue weighted by Gasteiger charge is 2.22. The van der Waals surface area contributed by atoms with Gasteiger partial charge in [0.1, 0.15) is 0 Å². The van der Waals surface area contributed by atoms with E-state index < -0.39 is 0 Å². The van der Waals surface area contributed by atoms with Gasteiger partial charge in [-0.25, -0.2) is 0 Å². The Kier molecular flexibility index (Phi) is 2.09. The number of aliphatic hydroxyl groups excluding tert-OH is 1. The molecule has 1 aliphatic carbocycles. The van der Waals surface area contributed by atoms with Crippen LogP contribution in [0.3, 0.4) is 0 Å². The van der Waals surface area contributed by atoms with Crippen molar-refractivity contribution in [2.75, 3.05) is 0 Å². The summed E-state index contributed by atoms with van der Waals surface area (Å²) in [5, 5.41) is 9.27. The van der Waals surface area contributed by atoms with Crippen molar-refractivity contribution in [3.05, 3.63) is 0 Å². The molecule has 2 heteroatoms. The van der Waals surface area contributed by atoms with E-state index in [-0.39, 0.29) is 12.1 Å². The molecule has 0 aromatic rings. The maximum Gasteiger partial charge on any atom is 0.0580 e. The van der Waals surface area contributed by atoms with Crippen LogP contribution in [0.15, 0.2) is 0 Å². The Morgan fingerprint density at radius 2 is 2.11 bits per heavy atom. The summed E-state index contributed by atoms with van der Waals surface area (Å²) in [7, 11) is 0. The van der Waals surface area contributed by atoms with E-state index in [2.05, 4.69) is 6.92 Å². The van der Waals surface area contributed by atoms with Crippen molar-refractivity contribution in [3.63, 3.8) is 0 Å². The Bertz CT molecular complexity index is 94.9. The molecule has 1 rings (SSSR count). The average Bonchev–Trinajstić information content (AvgIpc) is 1.80. The summed E-state index contributed by atoms with van der Waals surface area (Å²) in [6.07, 6.45) is 2.82. The van der Waals surface area contributed by atoms with Crippen LogP contribution in [-0.2, 0) is 0 Å². The first-order valence-electron chi connectivity index (χ1n) is 3.64. The van der Waals surface area contributed by atoms with Gasteiger partial charge in [0.15, 0.2) is 0 Å². The summed E-state index contributed by atoms with van der Waals surface area (Å²) in [6, 6.07) is 0.246. The quantitative estimate of drug-likeness (QED) is 0.500. The smallest absolute Gasteiger partial charge is 0.0580 e. The fraction of sp³-hybridized carbons (Fsp3) is 1.00. The SMILES string of the molecule is C[C@H]1CCC(N)C[C@H]1O. The molecule has 0 aromatic heterocycles. The average molecular weight is 129 g/mol. The predicted molar refractivity (Wildman–Crippen MR) is 37.0 cm³/mol. The molecule has 3 atom stereocenters. The summed E-state index contributed by atoms with van der Waals surface area (Å²) in [5.74, 6) is 0.463. The normalized spacial score (nSPS) is 45.0. The van der Waals surface area contributed by atoms with Crippen molar-refractivity contribution in [1.82, 2.24) is 0 Å². The van der Waals surface area contributed by atoms with Gasteiger partial charge in [0.25, 0.3) is 0 Å². The van der Waals surface area contributed by atoms with E-state index >= 15 is 0 Å². The van der Waals surface area contributed by atoms with Crippen LogP contribution < -0.4 is 5.73 Å². The molecule has 0 bridgehead atoms. The lowest BCUT2D eigenvalue weighted by Gasteiger charge is -2.28. The van der Waals surface area contributed by atoms with Crippen LogP contribution in [-0.4, -0.2) is 17.3 Å². The molecule has 0 heterocycles.